The Kier molecular flexibility index (Phi) is 5.28. The number of aromatic nitrogens is 2. The summed E-state index contributed by atoms with van der Waals surface area (Å²) in [6.07, 6.45) is 8.69. The van der Waals surface area contributed by atoms with Crippen molar-refractivity contribution in [1.29, 1.82) is 0 Å². The first kappa shape index (κ1) is 17.4. The normalized spacial score (nSPS) is 16.0. The van der Waals surface area contributed by atoms with Gasteiger partial charge < -0.3 is 14.4 Å². The molecule has 0 unspecified atom stereocenters. The van der Waals surface area contributed by atoms with E-state index in [1.165, 1.54) is 0 Å². The van der Waals surface area contributed by atoms with Crippen LogP contribution < -0.4 is 4.90 Å². The second-order valence-corrected chi connectivity index (χ2v) is 6.31. The first-order valence-electron chi connectivity index (χ1n) is 8.48. The van der Waals surface area contributed by atoms with Crippen LogP contribution >= 0.6 is 0 Å². The summed E-state index contributed by atoms with van der Waals surface area (Å²) in [5.41, 5.74) is 3.85. The van der Waals surface area contributed by atoms with Gasteiger partial charge >= 0.3 is 0 Å². The van der Waals surface area contributed by atoms with Crippen LogP contribution in [0.15, 0.2) is 52.6 Å². The molecular weight excluding hydrogens is 316 g/mol. The molecule has 0 fully saturated rings. The Labute approximate surface area is 148 Å². The Morgan fingerprint density at radius 2 is 2.08 bits per heavy atom. The summed E-state index contributed by atoms with van der Waals surface area (Å²) >= 11 is 0. The molecule has 0 N–H and O–H groups in total. The molecule has 0 spiro atoms. The van der Waals surface area contributed by atoms with Gasteiger partial charge in [0, 0.05) is 38.8 Å². The summed E-state index contributed by atoms with van der Waals surface area (Å²) < 4.78 is 10.9. The Morgan fingerprint density at radius 1 is 1.24 bits per heavy atom. The molecular formula is C19H24N4O2. The largest absolute Gasteiger partial charge is 0.495 e. The molecule has 0 saturated carbocycles. The predicted molar refractivity (Wildman–Crippen MR) is 98.8 cm³/mol. The molecule has 3 rings (SSSR count). The minimum absolute atomic E-state index is 0.172. The van der Waals surface area contributed by atoms with E-state index in [-0.39, 0.29) is 6.10 Å². The van der Waals surface area contributed by atoms with Gasteiger partial charge in [0.25, 0.3) is 0 Å². The van der Waals surface area contributed by atoms with Crippen molar-refractivity contribution in [1.82, 2.24) is 9.97 Å². The number of ether oxygens (including phenoxy) is 2. The maximum atomic E-state index is 5.80. The average molecular weight is 340 g/mol. The van der Waals surface area contributed by atoms with E-state index in [4.69, 9.17) is 9.47 Å². The van der Waals surface area contributed by atoms with Crippen LogP contribution in [0.5, 0.6) is 0 Å². The molecule has 6 nitrogen and oxygen atoms in total. The molecule has 6 heteroatoms. The van der Waals surface area contributed by atoms with Gasteiger partial charge in [0.1, 0.15) is 17.9 Å². The molecule has 1 aromatic rings. The molecule has 1 aromatic heterocycles. The van der Waals surface area contributed by atoms with E-state index in [0.717, 1.165) is 47.2 Å². The maximum absolute atomic E-state index is 5.80. The van der Waals surface area contributed by atoms with Crippen LogP contribution in [0.2, 0.25) is 0 Å². The fourth-order valence-electron chi connectivity index (χ4n) is 2.69. The third kappa shape index (κ3) is 3.96. The summed E-state index contributed by atoms with van der Waals surface area (Å²) in [5.74, 6) is 1.82. The molecule has 1 aliphatic carbocycles. The highest BCUT2D eigenvalue weighted by molar-refractivity contribution is 6.20. The zero-order chi connectivity index (χ0) is 17.8. The lowest BCUT2D eigenvalue weighted by Gasteiger charge is -2.22. The first-order chi connectivity index (χ1) is 12.1. The number of anilines is 1. The quantitative estimate of drug-likeness (QED) is 0.764. The number of hydrogen-bond donors (Lipinski definition) is 0. The van der Waals surface area contributed by atoms with Crippen LogP contribution in [-0.4, -0.2) is 49.1 Å². The van der Waals surface area contributed by atoms with Crippen LogP contribution in [0.3, 0.4) is 0 Å². The van der Waals surface area contributed by atoms with Crippen LogP contribution in [0, 0.1) is 0 Å². The van der Waals surface area contributed by atoms with Crippen molar-refractivity contribution in [3.63, 3.8) is 0 Å². The van der Waals surface area contributed by atoms with E-state index in [1.807, 2.05) is 44.0 Å². The van der Waals surface area contributed by atoms with Crippen molar-refractivity contribution < 1.29 is 9.47 Å². The van der Waals surface area contributed by atoms with Crippen LogP contribution in [0.25, 0.3) is 0 Å². The van der Waals surface area contributed by atoms with Crippen molar-refractivity contribution >= 4 is 11.5 Å². The van der Waals surface area contributed by atoms with E-state index >= 15 is 0 Å². The smallest absolute Gasteiger partial charge is 0.132 e. The SMILES string of the molecule is COCCN(C)c1cc(C2=NC3=CC=C(OC(C)C)CC=C32)ncn1. The molecule has 0 amide bonds. The van der Waals surface area contributed by atoms with Crippen molar-refractivity contribution in [3.05, 3.63) is 53.3 Å². The highest BCUT2D eigenvalue weighted by Gasteiger charge is 2.26. The van der Waals surface area contributed by atoms with Gasteiger partial charge in [-0.1, -0.05) is 6.08 Å². The Balaban J connectivity index is 1.76. The summed E-state index contributed by atoms with van der Waals surface area (Å²) in [7, 11) is 3.68. The lowest BCUT2D eigenvalue weighted by molar-refractivity contribution is 0.144. The molecule has 1 aliphatic heterocycles. The monoisotopic (exact) mass is 340 g/mol. The van der Waals surface area contributed by atoms with Gasteiger partial charge in [-0.3, -0.25) is 0 Å². The standard InChI is InChI=1S/C19H24N4O2/c1-13(2)25-14-5-7-15-16(8-6-14)22-19(15)17-11-18(21-12-20-17)23(3)9-10-24-4/h6-8,11-13H,5,9-10H2,1-4H3. The first-order valence-corrected chi connectivity index (χ1v) is 8.48. The average Bonchev–Trinajstić information content (AvgIpc) is 2.72. The molecule has 0 radical (unpaired) electrons. The highest BCUT2D eigenvalue weighted by atomic mass is 16.5. The van der Waals surface area contributed by atoms with Gasteiger partial charge in [-0.15, -0.1) is 0 Å². The second-order valence-electron chi connectivity index (χ2n) is 6.31. The lowest BCUT2D eigenvalue weighted by atomic mass is 9.97. The number of methoxy groups -OCH3 is 1. The number of nitrogens with zero attached hydrogens (tertiary/aromatic N) is 4. The van der Waals surface area contributed by atoms with Crippen molar-refractivity contribution in [3.8, 4) is 0 Å². The number of allylic oxidation sites excluding steroid dienone is 4. The summed E-state index contributed by atoms with van der Waals surface area (Å²) in [6.45, 7) is 5.49. The molecule has 0 aromatic carbocycles. The third-order valence-corrected chi connectivity index (χ3v) is 4.00. The number of fused-ring (bicyclic) bond motifs is 1. The predicted octanol–water partition coefficient (Wildman–Crippen LogP) is 2.88. The molecule has 0 bridgehead atoms. The van der Waals surface area contributed by atoms with Crippen LogP contribution in [0.4, 0.5) is 5.82 Å². The summed E-state index contributed by atoms with van der Waals surface area (Å²) in [4.78, 5) is 15.4. The molecule has 0 saturated heterocycles. The highest BCUT2D eigenvalue weighted by Crippen LogP contribution is 2.32. The maximum Gasteiger partial charge on any atom is 0.132 e. The van der Waals surface area contributed by atoms with Crippen molar-refractivity contribution in [2.75, 3.05) is 32.2 Å². The van der Waals surface area contributed by atoms with Gasteiger partial charge in [0.2, 0.25) is 0 Å². The third-order valence-electron chi connectivity index (χ3n) is 4.00. The van der Waals surface area contributed by atoms with Crippen LogP contribution in [0.1, 0.15) is 26.0 Å². The topological polar surface area (TPSA) is 59.8 Å². The molecule has 25 heavy (non-hydrogen) atoms. The van der Waals surface area contributed by atoms with Crippen molar-refractivity contribution in [2.45, 2.75) is 26.4 Å². The zero-order valence-electron chi connectivity index (χ0n) is 15.2. The number of aliphatic imine (C=N–C) groups is 1. The minimum Gasteiger partial charge on any atom is -0.495 e. The summed E-state index contributed by atoms with van der Waals surface area (Å²) in [5, 5.41) is 0. The van der Waals surface area contributed by atoms with E-state index in [2.05, 4.69) is 21.0 Å². The second kappa shape index (κ2) is 7.61. The van der Waals surface area contributed by atoms with E-state index in [1.54, 1.807) is 13.4 Å². The molecule has 0 atom stereocenters. The Hall–Kier alpha value is -2.47. The fraction of sp³-hybridized carbons (Fsp3) is 0.421. The molecule has 132 valence electrons. The fourth-order valence-corrected chi connectivity index (χ4v) is 2.69. The van der Waals surface area contributed by atoms with Crippen LogP contribution in [-0.2, 0) is 9.47 Å². The number of hydrogen-bond acceptors (Lipinski definition) is 6. The van der Waals surface area contributed by atoms with Gasteiger partial charge in [-0.2, -0.15) is 0 Å². The van der Waals surface area contributed by atoms with Gasteiger partial charge in [0.15, 0.2) is 0 Å². The summed E-state index contributed by atoms with van der Waals surface area (Å²) in [6, 6.07) is 1.97. The van der Waals surface area contributed by atoms with E-state index in [9.17, 15) is 0 Å². The van der Waals surface area contributed by atoms with Crippen molar-refractivity contribution in [2.24, 2.45) is 4.99 Å². The molecule has 2 heterocycles. The zero-order valence-corrected chi connectivity index (χ0v) is 15.2. The van der Waals surface area contributed by atoms with Gasteiger partial charge in [-0.05, 0) is 26.0 Å². The van der Waals surface area contributed by atoms with E-state index < -0.39 is 0 Å². The Bertz CT molecular complexity index is 762. The van der Waals surface area contributed by atoms with Gasteiger partial charge in [0.05, 0.1) is 29.8 Å². The van der Waals surface area contributed by atoms with E-state index in [0.29, 0.717) is 6.61 Å². The molecule has 2 aliphatic rings. The number of likely N-dealkylation sites (N-methyl/N-ethyl adjacent to an activating group) is 1. The minimum atomic E-state index is 0.172. The lowest BCUT2D eigenvalue weighted by Crippen LogP contribution is -2.24. The number of rotatable bonds is 7. The Morgan fingerprint density at radius 3 is 2.84 bits per heavy atom. The van der Waals surface area contributed by atoms with Gasteiger partial charge in [-0.25, -0.2) is 15.0 Å².